The maximum absolute atomic E-state index is 10.6. The molecular formula is C11H16N2O2S. The fourth-order valence-electron chi connectivity index (χ4n) is 2.13. The summed E-state index contributed by atoms with van der Waals surface area (Å²) in [7, 11) is 0. The minimum absolute atomic E-state index is 0.142. The summed E-state index contributed by atoms with van der Waals surface area (Å²) in [6.45, 7) is 4.09. The second kappa shape index (κ2) is 4.51. The monoisotopic (exact) mass is 240 g/mol. The Bertz CT molecular complexity index is 356. The number of carbonyl (C=O) groups is 1. The first-order valence-corrected chi connectivity index (χ1v) is 6.32. The molecule has 2 heterocycles. The summed E-state index contributed by atoms with van der Waals surface area (Å²) in [6.07, 6.45) is 3.83. The highest BCUT2D eigenvalue weighted by molar-refractivity contribution is 7.09. The molecule has 0 radical (unpaired) electrons. The molecule has 1 fully saturated rings. The van der Waals surface area contributed by atoms with Crippen LogP contribution in [0.2, 0.25) is 0 Å². The van der Waals surface area contributed by atoms with E-state index >= 15 is 0 Å². The maximum Gasteiger partial charge on any atom is 0.317 e. The number of carboxylic acid groups (broad SMARTS) is 1. The van der Waals surface area contributed by atoms with Crippen LogP contribution in [0, 0.1) is 0 Å². The molecule has 0 bridgehead atoms. The third kappa shape index (κ3) is 2.41. The maximum atomic E-state index is 10.6. The first-order valence-electron chi connectivity index (χ1n) is 5.44. The van der Waals surface area contributed by atoms with Crippen LogP contribution in [0.3, 0.4) is 0 Å². The van der Waals surface area contributed by atoms with Gasteiger partial charge >= 0.3 is 5.97 Å². The SMILES string of the molecule is CC1(c2nccs2)CCN(CC(=O)O)CC1. The molecular weight excluding hydrogens is 224 g/mol. The summed E-state index contributed by atoms with van der Waals surface area (Å²) in [5.41, 5.74) is 0.142. The van der Waals surface area contributed by atoms with E-state index < -0.39 is 5.97 Å². The number of thiazole rings is 1. The first-order chi connectivity index (χ1) is 7.60. The lowest BCUT2D eigenvalue weighted by atomic mass is 9.81. The Hall–Kier alpha value is -0.940. The van der Waals surface area contributed by atoms with Crippen molar-refractivity contribution in [1.82, 2.24) is 9.88 Å². The lowest BCUT2D eigenvalue weighted by Gasteiger charge is -2.37. The molecule has 2 rings (SSSR count). The van der Waals surface area contributed by atoms with Gasteiger partial charge in [0.25, 0.3) is 0 Å². The van der Waals surface area contributed by atoms with Gasteiger partial charge in [0.15, 0.2) is 0 Å². The molecule has 0 amide bonds. The number of carboxylic acids is 1. The Morgan fingerprint density at radius 2 is 2.31 bits per heavy atom. The Kier molecular flexibility index (Phi) is 3.25. The lowest BCUT2D eigenvalue weighted by molar-refractivity contribution is -0.138. The van der Waals surface area contributed by atoms with Gasteiger partial charge in [-0.25, -0.2) is 4.98 Å². The predicted octanol–water partition coefficient (Wildman–Crippen LogP) is 1.58. The quantitative estimate of drug-likeness (QED) is 0.871. The van der Waals surface area contributed by atoms with Crippen LogP contribution >= 0.6 is 11.3 Å². The number of aromatic nitrogens is 1. The minimum atomic E-state index is -0.738. The zero-order valence-electron chi connectivity index (χ0n) is 9.35. The second-order valence-electron chi connectivity index (χ2n) is 4.57. The van der Waals surface area contributed by atoms with Gasteiger partial charge in [0.1, 0.15) is 0 Å². The molecule has 1 aliphatic rings. The van der Waals surface area contributed by atoms with Crippen molar-refractivity contribution in [2.45, 2.75) is 25.2 Å². The van der Waals surface area contributed by atoms with E-state index in [0.29, 0.717) is 0 Å². The molecule has 1 aliphatic heterocycles. The summed E-state index contributed by atoms with van der Waals surface area (Å²) in [4.78, 5) is 17.0. The Labute approximate surface area is 98.9 Å². The number of piperidine rings is 1. The van der Waals surface area contributed by atoms with E-state index in [2.05, 4.69) is 11.9 Å². The van der Waals surface area contributed by atoms with Crippen molar-refractivity contribution in [2.24, 2.45) is 0 Å². The Morgan fingerprint density at radius 1 is 1.62 bits per heavy atom. The summed E-state index contributed by atoms with van der Waals surface area (Å²) in [6, 6.07) is 0. The Morgan fingerprint density at radius 3 is 2.81 bits per heavy atom. The van der Waals surface area contributed by atoms with Crippen molar-refractivity contribution in [1.29, 1.82) is 0 Å². The van der Waals surface area contributed by atoms with Gasteiger partial charge in [-0.3, -0.25) is 9.69 Å². The van der Waals surface area contributed by atoms with E-state index in [0.717, 1.165) is 25.9 Å². The van der Waals surface area contributed by atoms with Gasteiger partial charge in [-0.1, -0.05) is 6.92 Å². The molecule has 1 saturated heterocycles. The van der Waals surface area contributed by atoms with E-state index in [9.17, 15) is 4.79 Å². The highest BCUT2D eigenvalue weighted by Crippen LogP contribution is 2.35. The molecule has 88 valence electrons. The van der Waals surface area contributed by atoms with Crippen molar-refractivity contribution in [3.05, 3.63) is 16.6 Å². The molecule has 1 aromatic heterocycles. The fraction of sp³-hybridized carbons (Fsp3) is 0.636. The molecule has 1 N–H and O–H groups in total. The number of nitrogens with zero attached hydrogens (tertiary/aromatic N) is 2. The summed E-state index contributed by atoms with van der Waals surface area (Å²) >= 11 is 1.70. The van der Waals surface area contributed by atoms with Crippen LogP contribution in [-0.4, -0.2) is 40.6 Å². The van der Waals surface area contributed by atoms with E-state index in [1.54, 1.807) is 11.3 Å². The second-order valence-corrected chi connectivity index (χ2v) is 5.46. The van der Waals surface area contributed by atoms with Crippen LogP contribution in [-0.2, 0) is 10.2 Å². The smallest absolute Gasteiger partial charge is 0.317 e. The third-order valence-corrected chi connectivity index (χ3v) is 4.35. The molecule has 1 aromatic rings. The molecule has 16 heavy (non-hydrogen) atoms. The van der Waals surface area contributed by atoms with Crippen molar-refractivity contribution in [3.8, 4) is 0 Å². The van der Waals surface area contributed by atoms with Crippen molar-refractivity contribution in [2.75, 3.05) is 19.6 Å². The number of hydrogen-bond donors (Lipinski definition) is 1. The van der Waals surface area contributed by atoms with Crippen LogP contribution < -0.4 is 0 Å². The van der Waals surface area contributed by atoms with Crippen LogP contribution in [0.5, 0.6) is 0 Å². The summed E-state index contributed by atoms with van der Waals surface area (Å²) < 4.78 is 0. The number of hydrogen-bond acceptors (Lipinski definition) is 4. The van der Waals surface area contributed by atoms with E-state index in [-0.39, 0.29) is 12.0 Å². The van der Waals surface area contributed by atoms with Gasteiger partial charge in [-0.15, -0.1) is 11.3 Å². The highest BCUT2D eigenvalue weighted by atomic mass is 32.1. The largest absolute Gasteiger partial charge is 0.480 e. The van der Waals surface area contributed by atoms with Crippen molar-refractivity contribution >= 4 is 17.3 Å². The molecule has 5 heteroatoms. The van der Waals surface area contributed by atoms with Gasteiger partial charge in [0, 0.05) is 17.0 Å². The topological polar surface area (TPSA) is 53.4 Å². The van der Waals surface area contributed by atoms with Crippen molar-refractivity contribution < 1.29 is 9.90 Å². The fourth-order valence-corrected chi connectivity index (χ4v) is 2.99. The normalized spacial score (nSPS) is 20.8. The molecule has 0 spiro atoms. The third-order valence-electron chi connectivity index (χ3n) is 3.27. The average molecular weight is 240 g/mol. The van der Waals surface area contributed by atoms with Gasteiger partial charge < -0.3 is 5.11 Å². The van der Waals surface area contributed by atoms with E-state index in [1.807, 2.05) is 16.5 Å². The molecule has 0 aliphatic carbocycles. The molecule has 0 aromatic carbocycles. The standard InChI is InChI=1S/C11H16N2O2S/c1-11(10-12-4-7-16-10)2-5-13(6-3-11)8-9(14)15/h4,7H,2-3,5-6,8H2,1H3,(H,14,15). The first kappa shape index (κ1) is 11.5. The van der Waals surface area contributed by atoms with Crippen LogP contribution in [0.25, 0.3) is 0 Å². The van der Waals surface area contributed by atoms with Crippen LogP contribution in [0.1, 0.15) is 24.8 Å². The Balaban J connectivity index is 1.96. The zero-order chi connectivity index (χ0) is 11.6. The van der Waals surface area contributed by atoms with Gasteiger partial charge in [0.05, 0.1) is 11.6 Å². The van der Waals surface area contributed by atoms with Gasteiger partial charge in [-0.2, -0.15) is 0 Å². The van der Waals surface area contributed by atoms with E-state index in [1.165, 1.54) is 5.01 Å². The minimum Gasteiger partial charge on any atom is -0.480 e. The zero-order valence-corrected chi connectivity index (χ0v) is 10.2. The van der Waals surface area contributed by atoms with Crippen LogP contribution in [0.15, 0.2) is 11.6 Å². The van der Waals surface area contributed by atoms with Crippen molar-refractivity contribution in [3.63, 3.8) is 0 Å². The van der Waals surface area contributed by atoms with E-state index in [4.69, 9.17) is 5.11 Å². The molecule has 0 unspecified atom stereocenters. The summed E-state index contributed by atoms with van der Waals surface area (Å²) in [5.74, 6) is -0.738. The number of rotatable bonds is 3. The highest BCUT2D eigenvalue weighted by Gasteiger charge is 2.34. The summed E-state index contributed by atoms with van der Waals surface area (Å²) in [5, 5.41) is 11.9. The van der Waals surface area contributed by atoms with Gasteiger partial charge in [0.2, 0.25) is 0 Å². The molecule has 4 nitrogen and oxygen atoms in total. The average Bonchev–Trinajstić information content (AvgIpc) is 2.75. The lowest BCUT2D eigenvalue weighted by Crippen LogP contribution is -2.42. The van der Waals surface area contributed by atoms with Crippen LogP contribution in [0.4, 0.5) is 0 Å². The molecule has 0 saturated carbocycles. The number of aliphatic carboxylic acids is 1. The van der Waals surface area contributed by atoms with Gasteiger partial charge in [-0.05, 0) is 25.9 Å². The number of likely N-dealkylation sites (tertiary alicyclic amines) is 1. The molecule has 0 atom stereocenters. The predicted molar refractivity (Wildman–Crippen MR) is 62.8 cm³/mol.